The van der Waals surface area contributed by atoms with Crippen molar-refractivity contribution in [3.63, 3.8) is 0 Å². The fourth-order valence-electron chi connectivity index (χ4n) is 4.33. The first kappa shape index (κ1) is 24.5. The van der Waals surface area contributed by atoms with E-state index in [4.69, 9.17) is 21.5 Å². The molecule has 1 aliphatic rings. The normalized spacial score (nSPS) is 13.7. The second-order valence-corrected chi connectivity index (χ2v) is 9.39. The fourth-order valence-corrected chi connectivity index (χ4v) is 4.50. The molecule has 1 aliphatic carbocycles. The van der Waals surface area contributed by atoms with E-state index < -0.39 is 11.9 Å². The molecule has 2 aromatic heterocycles. The summed E-state index contributed by atoms with van der Waals surface area (Å²) in [5.74, 6) is -1.19. The van der Waals surface area contributed by atoms with E-state index in [2.05, 4.69) is 15.4 Å². The molecule has 1 amide bonds. The van der Waals surface area contributed by atoms with E-state index in [1.165, 1.54) is 18.5 Å². The number of pyridine rings is 1. The zero-order valence-electron chi connectivity index (χ0n) is 20.0. The van der Waals surface area contributed by atoms with Crippen LogP contribution in [0.15, 0.2) is 73.4 Å². The number of carbonyl (C=O) groups is 2. The van der Waals surface area contributed by atoms with Crippen LogP contribution >= 0.6 is 11.6 Å². The molecule has 188 valence electrons. The van der Waals surface area contributed by atoms with Gasteiger partial charge < -0.3 is 10.4 Å². The fraction of sp³-hybridized carbons (Fsp3) is 0.222. The Bertz CT molecular complexity index is 1440. The minimum Gasteiger partial charge on any atom is -0.478 e. The van der Waals surface area contributed by atoms with Gasteiger partial charge in [0.15, 0.2) is 0 Å². The molecule has 0 aliphatic heterocycles. The van der Waals surface area contributed by atoms with Gasteiger partial charge in [-0.1, -0.05) is 24.4 Å². The molecule has 1 fully saturated rings. The maximum atomic E-state index is 13.4. The van der Waals surface area contributed by atoms with Gasteiger partial charge in [-0.2, -0.15) is 5.10 Å². The van der Waals surface area contributed by atoms with Crippen LogP contribution in [-0.2, 0) is 4.79 Å². The van der Waals surface area contributed by atoms with Crippen molar-refractivity contribution in [1.82, 2.24) is 14.8 Å². The summed E-state index contributed by atoms with van der Waals surface area (Å²) in [4.78, 5) is 34.3. The minimum atomic E-state index is -1.02. The summed E-state index contributed by atoms with van der Waals surface area (Å²) in [7, 11) is 1.56. The standard InChI is InChI=1S/C27H24ClN5O4/c1-37-33-14-19(22-13-20(28)7-11-24(22)32-16-29-15-30-32)6-10-25(33)23(12-17-2-3-17)26(34)31-21-8-4-18(5-9-21)27(35)36/h4-11,13-17,23H,2-3,12H2,1H3,(H-,31,34,35,36)/p+1. The Hall–Kier alpha value is -4.24. The first-order valence-corrected chi connectivity index (χ1v) is 12.2. The molecule has 9 nitrogen and oxygen atoms in total. The van der Waals surface area contributed by atoms with Gasteiger partial charge in [-0.15, -0.1) is 0 Å². The van der Waals surface area contributed by atoms with Crippen molar-refractivity contribution >= 4 is 29.2 Å². The number of rotatable bonds is 9. The number of amides is 1. The number of halogens is 1. The molecule has 0 bridgehead atoms. The number of carbonyl (C=O) groups excluding carboxylic acids is 1. The molecule has 1 unspecified atom stereocenters. The van der Waals surface area contributed by atoms with E-state index in [9.17, 15) is 9.59 Å². The highest BCUT2D eigenvalue weighted by Gasteiger charge is 2.36. The lowest BCUT2D eigenvalue weighted by Crippen LogP contribution is -2.47. The molecule has 5 rings (SSSR count). The summed E-state index contributed by atoms with van der Waals surface area (Å²) in [6, 6.07) is 15.5. The van der Waals surface area contributed by atoms with Gasteiger partial charge in [-0.25, -0.2) is 14.5 Å². The zero-order valence-corrected chi connectivity index (χ0v) is 20.8. The lowest BCUT2D eigenvalue weighted by molar-refractivity contribution is -0.890. The number of carboxylic acids is 1. The average molecular weight is 519 g/mol. The van der Waals surface area contributed by atoms with E-state index in [0.29, 0.717) is 28.7 Å². The Morgan fingerprint density at radius 2 is 1.97 bits per heavy atom. The van der Waals surface area contributed by atoms with Crippen molar-refractivity contribution in [2.75, 3.05) is 12.4 Å². The zero-order chi connectivity index (χ0) is 25.9. The molecular weight excluding hydrogens is 494 g/mol. The minimum absolute atomic E-state index is 0.159. The lowest BCUT2D eigenvalue weighted by atomic mass is 9.95. The van der Waals surface area contributed by atoms with Crippen molar-refractivity contribution in [3.8, 4) is 16.8 Å². The van der Waals surface area contributed by atoms with Crippen LogP contribution in [0.25, 0.3) is 16.8 Å². The summed E-state index contributed by atoms with van der Waals surface area (Å²) < 4.78 is 3.27. The van der Waals surface area contributed by atoms with Gasteiger partial charge in [-0.05, 0) is 60.9 Å². The predicted molar refractivity (Wildman–Crippen MR) is 137 cm³/mol. The number of hydrogen-bond donors (Lipinski definition) is 2. The van der Waals surface area contributed by atoms with Gasteiger partial charge in [-0.3, -0.25) is 9.63 Å². The molecule has 0 saturated heterocycles. The molecule has 10 heteroatoms. The Labute approximate surface area is 218 Å². The van der Waals surface area contributed by atoms with Crippen molar-refractivity contribution in [3.05, 3.63) is 89.7 Å². The number of carboxylic acid groups (broad SMARTS) is 1. The van der Waals surface area contributed by atoms with E-state index in [1.54, 1.807) is 41.0 Å². The third kappa shape index (κ3) is 5.46. The number of aromatic nitrogens is 4. The van der Waals surface area contributed by atoms with E-state index in [0.717, 1.165) is 29.7 Å². The molecule has 1 atom stereocenters. The molecular formula is C27H25ClN5O4+. The molecule has 0 spiro atoms. The Balaban J connectivity index is 1.48. The summed E-state index contributed by atoms with van der Waals surface area (Å²) in [5.41, 5.74) is 3.86. The van der Waals surface area contributed by atoms with Crippen LogP contribution in [0.4, 0.5) is 5.69 Å². The van der Waals surface area contributed by atoms with E-state index in [-0.39, 0.29) is 11.5 Å². The number of aromatic carboxylic acids is 1. The third-order valence-electron chi connectivity index (χ3n) is 6.42. The van der Waals surface area contributed by atoms with Crippen LogP contribution in [-0.4, -0.2) is 38.9 Å². The first-order valence-electron chi connectivity index (χ1n) is 11.8. The SMILES string of the molecule is CO[n+]1cc(-c2cc(Cl)ccc2-n2cncn2)ccc1C(CC1CC1)C(=O)Nc1ccc(C(=O)O)cc1. The van der Waals surface area contributed by atoms with Crippen molar-refractivity contribution in [2.24, 2.45) is 5.92 Å². The monoisotopic (exact) mass is 518 g/mol. The van der Waals surface area contributed by atoms with Crippen molar-refractivity contribution < 1.29 is 24.3 Å². The smallest absolute Gasteiger partial charge is 0.335 e. The van der Waals surface area contributed by atoms with E-state index in [1.807, 2.05) is 30.5 Å². The first-order chi connectivity index (χ1) is 17.9. The predicted octanol–water partition coefficient (Wildman–Crippen LogP) is 4.15. The quantitative estimate of drug-likeness (QED) is 0.322. The molecule has 0 radical (unpaired) electrons. The summed E-state index contributed by atoms with van der Waals surface area (Å²) >= 11 is 6.32. The van der Waals surface area contributed by atoms with Crippen LogP contribution < -0.4 is 14.9 Å². The summed E-state index contributed by atoms with van der Waals surface area (Å²) in [6.45, 7) is 0. The lowest BCUT2D eigenvalue weighted by Gasteiger charge is -2.16. The maximum Gasteiger partial charge on any atom is 0.335 e. The highest BCUT2D eigenvalue weighted by molar-refractivity contribution is 6.31. The number of nitrogens with zero attached hydrogens (tertiary/aromatic N) is 4. The highest BCUT2D eigenvalue weighted by Crippen LogP contribution is 2.39. The third-order valence-corrected chi connectivity index (χ3v) is 6.65. The number of benzene rings is 2. The van der Waals surface area contributed by atoms with Gasteiger partial charge in [0, 0.05) is 27.1 Å². The van der Waals surface area contributed by atoms with Crippen LogP contribution in [0.5, 0.6) is 0 Å². The summed E-state index contributed by atoms with van der Waals surface area (Å²) in [6.07, 6.45) is 7.77. The number of hydrogen-bond acceptors (Lipinski definition) is 5. The molecule has 37 heavy (non-hydrogen) atoms. The van der Waals surface area contributed by atoms with Crippen LogP contribution in [0, 0.1) is 5.92 Å². The van der Waals surface area contributed by atoms with Gasteiger partial charge in [0.05, 0.1) is 16.8 Å². The van der Waals surface area contributed by atoms with Crippen LogP contribution in [0.2, 0.25) is 5.02 Å². The molecule has 4 aromatic rings. The van der Waals surface area contributed by atoms with Gasteiger partial charge >= 0.3 is 5.97 Å². The Kier molecular flexibility index (Phi) is 6.87. The Morgan fingerprint density at radius 1 is 1.19 bits per heavy atom. The second-order valence-electron chi connectivity index (χ2n) is 8.96. The van der Waals surface area contributed by atoms with E-state index >= 15 is 0 Å². The average Bonchev–Trinajstić information content (AvgIpc) is 3.57. The highest BCUT2D eigenvalue weighted by atomic mass is 35.5. The topological polar surface area (TPSA) is 110 Å². The van der Waals surface area contributed by atoms with Gasteiger partial charge in [0.2, 0.25) is 17.8 Å². The molecule has 1 saturated carbocycles. The van der Waals surface area contributed by atoms with Crippen molar-refractivity contribution in [2.45, 2.75) is 25.2 Å². The number of anilines is 1. The van der Waals surface area contributed by atoms with Crippen molar-refractivity contribution in [1.29, 1.82) is 0 Å². The van der Waals surface area contributed by atoms with Gasteiger partial charge in [0.1, 0.15) is 25.7 Å². The van der Waals surface area contributed by atoms with Gasteiger partial charge in [0.25, 0.3) is 0 Å². The number of nitrogens with one attached hydrogen (secondary N) is 1. The largest absolute Gasteiger partial charge is 0.478 e. The summed E-state index contributed by atoms with van der Waals surface area (Å²) in [5, 5.41) is 16.9. The van der Waals surface area contributed by atoms with Crippen LogP contribution in [0.3, 0.4) is 0 Å². The second kappa shape index (κ2) is 10.4. The Morgan fingerprint density at radius 3 is 2.62 bits per heavy atom. The maximum absolute atomic E-state index is 13.4. The molecule has 2 heterocycles. The molecule has 2 N–H and O–H groups in total. The van der Waals surface area contributed by atoms with Crippen LogP contribution in [0.1, 0.15) is 41.2 Å². The molecule has 2 aromatic carbocycles.